The fourth-order valence-corrected chi connectivity index (χ4v) is 2.54. The molecule has 110 valence electrons. The number of amides is 1. The van der Waals surface area contributed by atoms with E-state index < -0.39 is 0 Å². The van der Waals surface area contributed by atoms with Crippen LogP contribution in [0.15, 0.2) is 24.3 Å². The van der Waals surface area contributed by atoms with Gasteiger partial charge in [0, 0.05) is 12.5 Å². The molecule has 1 atom stereocenters. The van der Waals surface area contributed by atoms with E-state index in [9.17, 15) is 4.79 Å². The Kier molecular flexibility index (Phi) is 4.69. The quantitative estimate of drug-likeness (QED) is 0.776. The molecule has 0 bridgehead atoms. The lowest BCUT2D eigenvalue weighted by Crippen LogP contribution is -2.27. The van der Waals surface area contributed by atoms with E-state index in [-0.39, 0.29) is 17.2 Å². The molecule has 1 N–H and O–H groups in total. The zero-order chi connectivity index (χ0) is 14.6. The number of para-hydroxylation sites is 1. The molecule has 1 saturated carbocycles. The second kappa shape index (κ2) is 6.29. The van der Waals surface area contributed by atoms with Gasteiger partial charge in [0.05, 0.1) is 6.61 Å². The third-order valence-corrected chi connectivity index (χ3v) is 4.02. The van der Waals surface area contributed by atoms with Crippen molar-refractivity contribution < 1.29 is 9.53 Å². The standard InChI is InChI=1S/C17H25NO2/c1-4-20-15-10-6-5-8-13(15)9-7-11-18-16(19)14-12-17(14,2)3/h5-6,8,10,14H,4,7,9,11-12H2,1-3H3,(H,18,19). The van der Waals surface area contributed by atoms with Crippen molar-refractivity contribution in [3.8, 4) is 5.75 Å². The molecule has 1 amide bonds. The number of rotatable bonds is 7. The summed E-state index contributed by atoms with van der Waals surface area (Å²) in [6.45, 7) is 7.72. The second-order valence-corrected chi connectivity index (χ2v) is 6.18. The molecular weight excluding hydrogens is 250 g/mol. The topological polar surface area (TPSA) is 38.3 Å². The third kappa shape index (κ3) is 3.75. The van der Waals surface area contributed by atoms with Crippen molar-refractivity contribution in [3.63, 3.8) is 0 Å². The van der Waals surface area contributed by atoms with Gasteiger partial charge in [-0.25, -0.2) is 0 Å². The summed E-state index contributed by atoms with van der Waals surface area (Å²) in [5, 5.41) is 3.04. The first-order valence-electron chi connectivity index (χ1n) is 7.53. The van der Waals surface area contributed by atoms with Crippen LogP contribution in [0.5, 0.6) is 5.75 Å². The summed E-state index contributed by atoms with van der Waals surface area (Å²) >= 11 is 0. The number of carbonyl (C=O) groups is 1. The Morgan fingerprint density at radius 2 is 2.10 bits per heavy atom. The van der Waals surface area contributed by atoms with Crippen molar-refractivity contribution in [1.82, 2.24) is 5.32 Å². The summed E-state index contributed by atoms with van der Waals surface area (Å²) in [5.41, 5.74) is 1.43. The van der Waals surface area contributed by atoms with Gasteiger partial charge in [0.1, 0.15) is 5.75 Å². The number of hydrogen-bond donors (Lipinski definition) is 1. The first kappa shape index (κ1) is 14.9. The Morgan fingerprint density at radius 3 is 2.75 bits per heavy atom. The van der Waals surface area contributed by atoms with Crippen LogP contribution in [0.4, 0.5) is 0 Å². The van der Waals surface area contributed by atoms with Gasteiger partial charge in [-0.05, 0) is 43.2 Å². The van der Waals surface area contributed by atoms with Crippen LogP contribution in [-0.4, -0.2) is 19.1 Å². The van der Waals surface area contributed by atoms with Gasteiger partial charge in [0.15, 0.2) is 0 Å². The summed E-state index contributed by atoms with van der Waals surface area (Å²) in [5.74, 6) is 1.40. The molecule has 3 heteroatoms. The monoisotopic (exact) mass is 275 g/mol. The van der Waals surface area contributed by atoms with Crippen LogP contribution in [0, 0.1) is 11.3 Å². The number of nitrogens with one attached hydrogen (secondary N) is 1. The molecule has 1 unspecified atom stereocenters. The molecule has 1 aliphatic carbocycles. The van der Waals surface area contributed by atoms with Gasteiger partial charge in [0.25, 0.3) is 0 Å². The highest BCUT2D eigenvalue weighted by molar-refractivity contribution is 5.82. The predicted molar refractivity (Wildman–Crippen MR) is 80.8 cm³/mol. The van der Waals surface area contributed by atoms with Crippen LogP contribution in [0.3, 0.4) is 0 Å². The van der Waals surface area contributed by atoms with E-state index in [0.717, 1.165) is 31.6 Å². The summed E-state index contributed by atoms with van der Waals surface area (Å²) in [4.78, 5) is 11.9. The molecule has 1 aromatic rings. The van der Waals surface area contributed by atoms with Gasteiger partial charge in [-0.1, -0.05) is 32.0 Å². The zero-order valence-electron chi connectivity index (χ0n) is 12.7. The Morgan fingerprint density at radius 1 is 1.40 bits per heavy atom. The van der Waals surface area contributed by atoms with E-state index >= 15 is 0 Å². The molecule has 0 heterocycles. The van der Waals surface area contributed by atoms with Crippen molar-refractivity contribution in [2.24, 2.45) is 11.3 Å². The van der Waals surface area contributed by atoms with Crippen molar-refractivity contribution in [2.45, 2.75) is 40.0 Å². The van der Waals surface area contributed by atoms with Crippen LogP contribution in [0.25, 0.3) is 0 Å². The van der Waals surface area contributed by atoms with Crippen molar-refractivity contribution in [1.29, 1.82) is 0 Å². The second-order valence-electron chi connectivity index (χ2n) is 6.18. The first-order chi connectivity index (χ1) is 9.54. The molecule has 2 rings (SSSR count). The van der Waals surface area contributed by atoms with Crippen LogP contribution < -0.4 is 10.1 Å². The van der Waals surface area contributed by atoms with Gasteiger partial charge in [-0.3, -0.25) is 4.79 Å². The zero-order valence-corrected chi connectivity index (χ0v) is 12.7. The van der Waals surface area contributed by atoms with Gasteiger partial charge >= 0.3 is 0 Å². The van der Waals surface area contributed by atoms with E-state index in [4.69, 9.17) is 4.74 Å². The fourth-order valence-electron chi connectivity index (χ4n) is 2.54. The lowest BCUT2D eigenvalue weighted by atomic mass is 10.1. The lowest BCUT2D eigenvalue weighted by molar-refractivity contribution is -0.122. The normalized spacial score (nSPS) is 19.4. The molecule has 1 aromatic carbocycles. The number of benzene rings is 1. The molecule has 1 aliphatic rings. The highest BCUT2D eigenvalue weighted by Gasteiger charge is 2.50. The molecular formula is C17H25NO2. The summed E-state index contributed by atoms with van der Waals surface area (Å²) in [6, 6.07) is 8.12. The SMILES string of the molecule is CCOc1ccccc1CCCNC(=O)C1CC1(C)C. The molecule has 0 aromatic heterocycles. The maximum absolute atomic E-state index is 11.9. The summed E-state index contributed by atoms with van der Waals surface area (Å²) < 4.78 is 5.60. The van der Waals surface area contributed by atoms with E-state index in [2.05, 4.69) is 25.2 Å². The summed E-state index contributed by atoms with van der Waals surface area (Å²) in [6.07, 6.45) is 2.90. The Labute approximate surface area is 121 Å². The number of carbonyl (C=O) groups excluding carboxylic acids is 1. The maximum Gasteiger partial charge on any atom is 0.223 e. The van der Waals surface area contributed by atoms with Crippen molar-refractivity contribution >= 4 is 5.91 Å². The Hall–Kier alpha value is -1.51. The minimum atomic E-state index is 0.214. The lowest BCUT2D eigenvalue weighted by Gasteiger charge is -2.10. The van der Waals surface area contributed by atoms with Crippen LogP contribution in [-0.2, 0) is 11.2 Å². The molecule has 0 radical (unpaired) electrons. The Bertz CT molecular complexity index is 468. The minimum absolute atomic E-state index is 0.214. The van der Waals surface area contributed by atoms with Crippen LogP contribution in [0.2, 0.25) is 0 Å². The molecule has 0 aliphatic heterocycles. The van der Waals surface area contributed by atoms with Gasteiger partial charge in [-0.2, -0.15) is 0 Å². The summed E-state index contributed by atoms with van der Waals surface area (Å²) in [7, 11) is 0. The van der Waals surface area contributed by atoms with Gasteiger partial charge in [0.2, 0.25) is 5.91 Å². The fraction of sp³-hybridized carbons (Fsp3) is 0.588. The third-order valence-electron chi connectivity index (χ3n) is 4.02. The largest absolute Gasteiger partial charge is 0.494 e. The average molecular weight is 275 g/mol. The van der Waals surface area contributed by atoms with Gasteiger partial charge < -0.3 is 10.1 Å². The van der Waals surface area contributed by atoms with Crippen molar-refractivity contribution in [2.75, 3.05) is 13.2 Å². The molecule has 20 heavy (non-hydrogen) atoms. The molecule has 3 nitrogen and oxygen atoms in total. The molecule has 0 saturated heterocycles. The van der Waals surface area contributed by atoms with E-state index in [0.29, 0.717) is 6.61 Å². The molecule has 1 fully saturated rings. The molecule has 0 spiro atoms. The number of hydrogen-bond acceptors (Lipinski definition) is 2. The van der Waals surface area contributed by atoms with Gasteiger partial charge in [-0.15, -0.1) is 0 Å². The predicted octanol–water partition coefficient (Wildman–Crippen LogP) is 3.18. The highest BCUT2D eigenvalue weighted by atomic mass is 16.5. The van der Waals surface area contributed by atoms with Crippen molar-refractivity contribution in [3.05, 3.63) is 29.8 Å². The highest BCUT2D eigenvalue weighted by Crippen LogP contribution is 2.51. The first-order valence-corrected chi connectivity index (χ1v) is 7.53. The van der Waals surface area contributed by atoms with E-state index in [1.807, 2.05) is 25.1 Å². The number of ether oxygens (including phenoxy) is 1. The maximum atomic E-state index is 11.9. The van der Waals surface area contributed by atoms with E-state index in [1.54, 1.807) is 0 Å². The van der Waals surface area contributed by atoms with Crippen LogP contribution in [0.1, 0.15) is 39.2 Å². The Balaban J connectivity index is 1.72. The average Bonchev–Trinajstić information content (AvgIpc) is 3.06. The minimum Gasteiger partial charge on any atom is -0.494 e. The smallest absolute Gasteiger partial charge is 0.223 e. The number of aryl methyl sites for hydroxylation is 1. The van der Waals surface area contributed by atoms with Crippen LogP contribution >= 0.6 is 0 Å². The van der Waals surface area contributed by atoms with E-state index in [1.165, 1.54) is 5.56 Å².